The summed E-state index contributed by atoms with van der Waals surface area (Å²) in [7, 11) is 0. The summed E-state index contributed by atoms with van der Waals surface area (Å²) in [4.78, 5) is 2.40. The van der Waals surface area contributed by atoms with Gasteiger partial charge in [0.05, 0.1) is 16.7 Å². The zero-order valence-corrected chi connectivity index (χ0v) is 37.1. The number of fused-ring (bicyclic) bond motifs is 7. The van der Waals surface area contributed by atoms with Crippen molar-refractivity contribution in [2.24, 2.45) is 0 Å². The SMILES string of the molecule is C=C/C=C(\C=C/C)n1c2ccc(-c3ccc(N(c4ccc(-c5ccccc5)cc4)c4ccc(-c5ccccc5C)c(C(C)C)c4)cc3)cc2c2cn3c(c21)C(C)(C)c1ccccc1-3. The van der Waals surface area contributed by atoms with Gasteiger partial charge in [-0.15, -0.1) is 0 Å². The highest BCUT2D eigenvalue weighted by atomic mass is 15.1. The summed E-state index contributed by atoms with van der Waals surface area (Å²) in [6.07, 6.45) is 10.7. The van der Waals surface area contributed by atoms with Crippen molar-refractivity contribution in [1.82, 2.24) is 9.13 Å². The molecule has 0 spiro atoms. The fourth-order valence-electron chi connectivity index (χ4n) is 10.0. The number of anilines is 3. The average Bonchev–Trinajstić information content (AvgIpc) is 3.92. The van der Waals surface area contributed by atoms with E-state index in [1.54, 1.807) is 0 Å². The minimum Gasteiger partial charge on any atom is -0.317 e. The van der Waals surface area contributed by atoms with E-state index in [-0.39, 0.29) is 5.41 Å². The van der Waals surface area contributed by atoms with Gasteiger partial charge in [0, 0.05) is 50.8 Å². The van der Waals surface area contributed by atoms with Gasteiger partial charge in [-0.3, -0.25) is 0 Å². The lowest BCUT2D eigenvalue weighted by atomic mass is 9.83. The van der Waals surface area contributed by atoms with Crippen LogP contribution in [0.2, 0.25) is 0 Å². The summed E-state index contributed by atoms with van der Waals surface area (Å²) in [5, 5.41) is 2.48. The maximum absolute atomic E-state index is 4.10. The molecule has 0 atom stereocenters. The lowest BCUT2D eigenvalue weighted by Crippen LogP contribution is -2.16. The van der Waals surface area contributed by atoms with Crippen LogP contribution < -0.4 is 4.90 Å². The predicted molar refractivity (Wildman–Crippen MR) is 270 cm³/mol. The van der Waals surface area contributed by atoms with Crippen molar-refractivity contribution in [3.05, 3.63) is 223 Å². The van der Waals surface area contributed by atoms with Crippen LogP contribution in [0.25, 0.3) is 66.6 Å². The van der Waals surface area contributed by atoms with Crippen LogP contribution in [-0.4, -0.2) is 9.13 Å². The summed E-state index contributed by atoms with van der Waals surface area (Å²) >= 11 is 0. The van der Waals surface area contributed by atoms with E-state index in [0.717, 1.165) is 22.8 Å². The average molecular weight is 816 g/mol. The molecule has 0 amide bonds. The summed E-state index contributed by atoms with van der Waals surface area (Å²) in [6.45, 7) is 17.7. The van der Waals surface area contributed by atoms with Gasteiger partial charge in [0.2, 0.25) is 0 Å². The second kappa shape index (κ2) is 15.8. The van der Waals surface area contributed by atoms with Gasteiger partial charge in [-0.25, -0.2) is 0 Å². The van der Waals surface area contributed by atoms with Crippen LogP contribution in [0.5, 0.6) is 0 Å². The molecule has 2 aromatic heterocycles. The summed E-state index contributed by atoms with van der Waals surface area (Å²) in [5.74, 6) is 0.338. The summed E-state index contributed by atoms with van der Waals surface area (Å²) in [6, 6.07) is 60.2. The molecule has 0 saturated carbocycles. The maximum Gasteiger partial charge on any atom is 0.0763 e. The molecule has 1 aliphatic rings. The van der Waals surface area contributed by atoms with Crippen molar-refractivity contribution in [2.45, 2.75) is 52.9 Å². The molecule has 0 saturated heterocycles. The van der Waals surface area contributed by atoms with Gasteiger partial charge < -0.3 is 14.0 Å². The number of allylic oxidation sites excluding steroid dienone is 5. The van der Waals surface area contributed by atoms with E-state index in [0.29, 0.717) is 5.92 Å². The minimum atomic E-state index is -0.178. The number of para-hydroxylation sites is 1. The molecule has 0 bridgehead atoms. The third-order valence-corrected chi connectivity index (χ3v) is 13.1. The van der Waals surface area contributed by atoms with Crippen molar-refractivity contribution in [2.75, 3.05) is 4.90 Å². The Bertz CT molecular complexity index is 3240. The van der Waals surface area contributed by atoms with E-state index in [2.05, 4.69) is 250 Å². The number of hydrogen-bond acceptors (Lipinski definition) is 1. The Morgan fingerprint density at radius 1 is 0.635 bits per heavy atom. The van der Waals surface area contributed by atoms with E-state index in [1.165, 1.54) is 83.3 Å². The van der Waals surface area contributed by atoms with Crippen LogP contribution in [0.15, 0.2) is 201 Å². The van der Waals surface area contributed by atoms with E-state index >= 15 is 0 Å². The lowest BCUT2D eigenvalue weighted by molar-refractivity contribution is 0.646. The Labute approximate surface area is 372 Å². The minimum absolute atomic E-state index is 0.178. The van der Waals surface area contributed by atoms with Crippen molar-refractivity contribution in [3.63, 3.8) is 0 Å². The smallest absolute Gasteiger partial charge is 0.0763 e. The maximum atomic E-state index is 4.10. The Morgan fingerprint density at radius 3 is 1.94 bits per heavy atom. The molecule has 3 nitrogen and oxygen atoms in total. The number of hydrogen-bond donors (Lipinski definition) is 0. The van der Waals surface area contributed by atoms with Crippen LogP contribution in [0, 0.1) is 6.92 Å². The second-order valence-electron chi connectivity index (χ2n) is 17.7. The number of rotatable bonds is 10. The molecule has 7 aromatic carbocycles. The topological polar surface area (TPSA) is 13.1 Å². The van der Waals surface area contributed by atoms with Crippen LogP contribution >= 0.6 is 0 Å². The van der Waals surface area contributed by atoms with Gasteiger partial charge in [-0.05, 0) is 137 Å². The zero-order valence-electron chi connectivity index (χ0n) is 37.1. The highest BCUT2D eigenvalue weighted by Gasteiger charge is 2.39. The molecule has 308 valence electrons. The first-order valence-corrected chi connectivity index (χ1v) is 22.2. The molecule has 0 aliphatic carbocycles. The molecule has 63 heavy (non-hydrogen) atoms. The van der Waals surface area contributed by atoms with E-state index in [9.17, 15) is 0 Å². The molecule has 10 rings (SSSR count). The third-order valence-electron chi connectivity index (χ3n) is 13.1. The number of benzene rings is 7. The van der Waals surface area contributed by atoms with Gasteiger partial charge in [0.1, 0.15) is 0 Å². The number of aromatic nitrogens is 2. The summed E-state index contributed by atoms with van der Waals surface area (Å²) in [5.41, 5.74) is 20.6. The Balaban J connectivity index is 1.10. The van der Waals surface area contributed by atoms with Crippen molar-refractivity contribution >= 4 is 44.6 Å². The molecular formula is C60H53N3. The van der Waals surface area contributed by atoms with Gasteiger partial charge >= 0.3 is 0 Å². The molecule has 0 N–H and O–H groups in total. The van der Waals surface area contributed by atoms with Gasteiger partial charge in [0.25, 0.3) is 0 Å². The first-order valence-electron chi connectivity index (χ1n) is 22.2. The van der Waals surface area contributed by atoms with Crippen molar-refractivity contribution in [1.29, 1.82) is 0 Å². The monoisotopic (exact) mass is 815 g/mol. The fraction of sp³-hybridized carbons (Fsp3) is 0.133. The second-order valence-corrected chi connectivity index (χ2v) is 17.7. The quantitative estimate of drug-likeness (QED) is 0.125. The normalized spacial score (nSPS) is 13.3. The lowest BCUT2D eigenvalue weighted by Gasteiger charge is -2.28. The Morgan fingerprint density at radius 2 is 1.25 bits per heavy atom. The predicted octanol–water partition coefficient (Wildman–Crippen LogP) is 16.7. The van der Waals surface area contributed by atoms with Crippen LogP contribution in [0.1, 0.15) is 62.9 Å². The highest BCUT2D eigenvalue weighted by Crippen LogP contribution is 2.50. The van der Waals surface area contributed by atoms with Gasteiger partial charge in [0.15, 0.2) is 0 Å². The molecule has 3 heterocycles. The van der Waals surface area contributed by atoms with Gasteiger partial charge in [-0.2, -0.15) is 0 Å². The van der Waals surface area contributed by atoms with Crippen LogP contribution in [0.4, 0.5) is 17.1 Å². The number of nitrogens with zero attached hydrogens (tertiary/aromatic N) is 3. The number of aryl methyl sites for hydroxylation is 1. The fourth-order valence-corrected chi connectivity index (χ4v) is 10.0. The van der Waals surface area contributed by atoms with E-state index < -0.39 is 0 Å². The van der Waals surface area contributed by atoms with Crippen molar-refractivity contribution < 1.29 is 0 Å². The van der Waals surface area contributed by atoms with Crippen LogP contribution in [-0.2, 0) is 5.41 Å². The van der Waals surface area contributed by atoms with Crippen molar-refractivity contribution in [3.8, 4) is 39.1 Å². The Kier molecular flexibility index (Phi) is 9.99. The molecule has 1 aliphatic heterocycles. The first kappa shape index (κ1) is 39.8. The molecule has 0 fully saturated rings. The van der Waals surface area contributed by atoms with E-state index in [4.69, 9.17) is 0 Å². The zero-order chi connectivity index (χ0) is 43.4. The van der Waals surface area contributed by atoms with Crippen LogP contribution in [0.3, 0.4) is 0 Å². The highest BCUT2D eigenvalue weighted by molar-refractivity contribution is 6.13. The molecule has 0 radical (unpaired) electrons. The molecule has 3 heteroatoms. The molecule has 9 aromatic rings. The third kappa shape index (κ3) is 6.67. The summed E-state index contributed by atoms with van der Waals surface area (Å²) < 4.78 is 4.87. The first-order chi connectivity index (χ1) is 30.7. The molecule has 0 unspecified atom stereocenters. The van der Waals surface area contributed by atoms with E-state index in [1.807, 2.05) is 6.08 Å². The largest absolute Gasteiger partial charge is 0.317 e. The molecular weight excluding hydrogens is 763 g/mol. The Hall–Kier alpha value is -7.36. The standard InChI is InChI=1S/C60H53N3/c1-8-17-46(18-9-2)63-56-36-29-45(37-53(56)54-39-61-57-24-16-15-23-55(57)60(6,7)59(61)58(54)63)44-27-32-48(33-28-44)62(47-30-25-43(26-31-47)42-20-11-10-12-21-42)49-34-35-51(52(38-49)40(3)4)50-22-14-13-19-41(50)5/h8-40H,1H2,2-7H3/b18-9-,46-17+. The van der Waals surface area contributed by atoms with Gasteiger partial charge in [-0.1, -0.05) is 156 Å².